The number of hydrogen-bond donors (Lipinski definition) is 2. The van der Waals surface area contributed by atoms with Gasteiger partial charge in [0.25, 0.3) is 0 Å². The average molecular weight is 367 g/mol. The van der Waals surface area contributed by atoms with Crippen molar-refractivity contribution in [2.45, 2.75) is 82.5 Å². The van der Waals surface area contributed by atoms with Crippen LogP contribution >= 0.6 is 0 Å². The van der Waals surface area contributed by atoms with Crippen molar-refractivity contribution in [1.82, 2.24) is 0 Å². The van der Waals surface area contributed by atoms with E-state index in [0.29, 0.717) is 45.1 Å². The topological polar surface area (TPSA) is 101 Å². The monoisotopic (exact) mass is 366 g/mol. The van der Waals surface area contributed by atoms with E-state index in [1.54, 1.807) is 0 Å². The summed E-state index contributed by atoms with van der Waals surface area (Å²) < 4.78 is 28.7. The van der Waals surface area contributed by atoms with Crippen molar-refractivity contribution in [2.75, 3.05) is 19.5 Å². The minimum Gasteiger partial charge on any atom is -0.480 e. The fraction of sp³-hybridized carbons (Fsp3) is 0.941. The van der Waals surface area contributed by atoms with Gasteiger partial charge in [0.2, 0.25) is 0 Å². The lowest BCUT2D eigenvalue weighted by atomic mass is 10.0. The van der Waals surface area contributed by atoms with Crippen molar-refractivity contribution >= 4 is 15.8 Å². The molecule has 0 aliphatic carbocycles. The van der Waals surface area contributed by atoms with Crippen LogP contribution in [0, 0.1) is 0 Å². The van der Waals surface area contributed by atoms with Gasteiger partial charge in [-0.25, -0.2) is 13.2 Å². The Bertz CT molecular complexity index is 421. The van der Waals surface area contributed by atoms with Gasteiger partial charge in [0, 0.05) is 12.9 Å². The van der Waals surface area contributed by atoms with Crippen LogP contribution in [0.4, 0.5) is 0 Å². The molecule has 0 rings (SSSR count). The smallest absolute Gasteiger partial charge is 0.329 e. The Kier molecular flexibility index (Phi) is 13.2. The summed E-state index contributed by atoms with van der Waals surface area (Å²) in [5, 5.41) is 18.0. The molecule has 2 unspecified atom stereocenters. The summed E-state index contributed by atoms with van der Waals surface area (Å²) in [7, 11) is -3.11. The molecule has 6 nitrogen and oxygen atoms in total. The maximum absolute atomic E-state index is 11.9. The van der Waals surface area contributed by atoms with Crippen LogP contribution in [0.1, 0.15) is 71.1 Å². The number of hydrogen-bond acceptors (Lipinski definition) is 5. The molecule has 144 valence electrons. The van der Waals surface area contributed by atoms with E-state index < -0.39 is 15.8 Å². The lowest BCUT2D eigenvalue weighted by Gasteiger charge is -2.16. The molecule has 0 fully saturated rings. The summed E-state index contributed by atoms with van der Waals surface area (Å²) in [6.07, 6.45) is 8.80. The second-order valence-corrected chi connectivity index (χ2v) is 8.80. The number of aliphatic carboxylic acids is 1. The van der Waals surface area contributed by atoms with Gasteiger partial charge in [0.1, 0.15) is 16.4 Å². The fourth-order valence-electron chi connectivity index (χ4n) is 2.66. The second-order valence-electron chi connectivity index (χ2n) is 6.47. The lowest BCUT2D eigenvalue weighted by Crippen LogP contribution is -2.21. The number of aliphatic hydroxyl groups is 1. The van der Waals surface area contributed by atoms with Crippen LogP contribution in [0.5, 0.6) is 0 Å². The molecule has 0 aromatic rings. The van der Waals surface area contributed by atoms with Crippen LogP contribution in [0.15, 0.2) is 0 Å². The van der Waals surface area contributed by atoms with Crippen LogP contribution in [-0.4, -0.2) is 55.4 Å². The van der Waals surface area contributed by atoms with E-state index in [9.17, 15) is 18.3 Å². The molecular formula is C17H34O6S. The average Bonchev–Trinajstić information content (AvgIpc) is 2.47. The SMILES string of the molecule is CCCCCC(O)CCCC(CCCCOCC(=O)O)S(C)(=O)=O. The summed E-state index contributed by atoms with van der Waals surface area (Å²) in [5.74, 6) is -0.999. The zero-order chi connectivity index (χ0) is 18.4. The van der Waals surface area contributed by atoms with Crippen molar-refractivity contribution in [2.24, 2.45) is 0 Å². The third kappa shape index (κ3) is 13.7. The van der Waals surface area contributed by atoms with Crippen molar-refractivity contribution in [3.63, 3.8) is 0 Å². The number of unbranched alkanes of at least 4 members (excludes halogenated alkanes) is 3. The third-order valence-corrected chi connectivity index (χ3v) is 5.78. The molecule has 0 saturated carbocycles. The Morgan fingerprint density at radius 2 is 1.58 bits per heavy atom. The van der Waals surface area contributed by atoms with E-state index in [-0.39, 0.29) is 18.0 Å². The van der Waals surface area contributed by atoms with Crippen molar-refractivity contribution < 1.29 is 28.2 Å². The maximum atomic E-state index is 11.9. The summed E-state index contributed by atoms with van der Waals surface area (Å²) in [5.41, 5.74) is 0. The van der Waals surface area contributed by atoms with E-state index >= 15 is 0 Å². The summed E-state index contributed by atoms with van der Waals surface area (Å²) in [6.45, 7) is 2.14. The highest BCUT2D eigenvalue weighted by molar-refractivity contribution is 7.91. The lowest BCUT2D eigenvalue weighted by molar-refractivity contribution is -0.142. The molecule has 0 amide bonds. The molecule has 2 atom stereocenters. The molecule has 0 aliphatic rings. The molecule has 0 aliphatic heterocycles. The molecule has 7 heteroatoms. The molecule has 0 saturated heterocycles. The molecular weight excluding hydrogens is 332 g/mol. The van der Waals surface area contributed by atoms with Gasteiger partial charge < -0.3 is 14.9 Å². The molecule has 24 heavy (non-hydrogen) atoms. The number of carbonyl (C=O) groups is 1. The predicted octanol–water partition coefficient (Wildman–Crippen LogP) is 2.78. The van der Waals surface area contributed by atoms with Crippen molar-refractivity contribution in [1.29, 1.82) is 0 Å². The van der Waals surface area contributed by atoms with Gasteiger partial charge >= 0.3 is 5.97 Å². The molecule has 0 aromatic carbocycles. The van der Waals surface area contributed by atoms with Gasteiger partial charge in [0.15, 0.2) is 0 Å². The predicted molar refractivity (Wildman–Crippen MR) is 94.9 cm³/mol. The summed E-state index contributed by atoms with van der Waals surface area (Å²) in [6, 6.07) is 0. The highest BCUT2D eigenvalue weighted by Crippen LogP contribution is 2.18. The Hall–Kier alpha value is -0.660. The molecule has 0 aromatic heterocycles. The number of ether oxygens (including phenoxy) is 1. The van der Waals surface area contributed by atoms with E-state index in [4.69, 9.17) is 9.84 Å². The van der Waals surface area contributed by atoms with Gasteiger partial charge in [-0.05, 0) is 44.9 Å². The fourth-order valence-corrected chi connectivity index (χ4v) is 3.85. The van der Waals surface area contributed by atoms with E-state index in [1.165, 1.54) is 6.26 Å². The van der Waals surface area contributed by atoms with Crippen molar-refractivity contribution in [3.8, 4) is 0 Å². The first-order valence-electron chi connectivity index (χ1n) is 8.93. The first kappa shape index (κ1) is 23.3. The summed E-state index contributed by atoms with van der Waals surface area (Å²) in [4.78, 5) is 10.3. The molecule has 0 spiro atoms. The molecule has 2 N–H and O–H groups in total. The second kappa shape index (κ2) is 13.6. The number of sulfone groups is 1. The van der Waals surface area contributed by atoms with Crippen LogP contribution in [0.25, 0.3) is 0 Å². The first-order chi connectivity index (χ1) is 11.3. The highest BCUT2D eigenvalue weighted by atomic mass is 32.2. The molecule has 0 radical (unpaired) electrons. The first-order valence-corrected chi connectivity index (χ1v) is 10.9. The van der Waals surface area contributed by atoms with Gasteiger partial charge in [-0.15, -0.1) is 0 Å². The minimum absolute atomic E-state index is 0.314. The Balaban J connectivity index is 3.96. The minimum atomic E-state index is -3.11. The quantitative estimate of drug-likeness (QED) is 0.407. The Labute approximate surface area is 146 Å². The third-order valence-electron chi connectivity index (χ3n) is 4.10. The van der Waals surface area contributed by atoms with Crippen LogP contribution in [-0.2, 0) is 19.4 Å². The number of carboxylic acids is 1. The van der Waals surface area contributed by atoms with E-state index in [0.717, 1.165) is 25.7 Å². The maximum Gasteiger partial charge on any atom is 0.329 e. The largest absolute Gasteiger partial charge is 0.480 e. The van der Waals surface area contributed by atoms with E-state index in [1.807, 2.05) is 0 Å². The van der Waals surface area contributed by atoms with Crippen LogP contribution in [0.3, 0.4) is 0 Å². The number of rotatable bonds is 16. The molecule has 0 bridgehead atoms. The zero-order valence-corrected chi connectivity index (χ0v) is 15.9. The number of aliphatic hydroxyl groups excluding tert-OH is 1. The van der Waals surface area contributed by atoms with Gasteiger partial charge in [-0.1, -0.05) is 26.2 Å². The van der Waals surface area contributed by atoms with Crippen LogP contribution in [0.2, 0.25) is 0 Å². The standard InChI is InChI=1S/C17H34O6S/c1-3-4-5-9-15(18)10-8-12-16(24(2,21)22)11-6-7-13-23-14-17(19)20/h15-16,18H,3-14H2,1-2H3,(H,19,20). The zero-order valence-electron chi connectivity index (χ0n) is 15.1. The van der Waals surface area contributed by atoms with Crippen molar-refractivity contribution in [3.05, 3.63) is 0 Å². The highest BCUT2D eigenvalue weighted by Gasteiger charge is 2.20. The van der Waals surface area contributed by atoms with Crippen LogP contribution < -0.4 is 0 Å². The number of carboxylic acid groups (broad SMARTS) is 1. The van der Waals surface area contributed by atoms with Gasteiger partial charge in [-0.3, -0.25) is 0 Å². The van der Waals surface area contributed by atoms with Gasteiger partial charge in [0.05, 0.1) is 11.4 Å². The van der Waals surface area contributed by atoms with Gasteiger partial charge in [-0.2, -0.15) is 0 Å². The van der Waals surface area contributed by atoms with E-state index in [2.05, 4.69) is 6.92 Å². The normalized spacial score (nSPS) is 14.5. The summed E-state index contributed by atoms with van der Waals surface area (Å²) >= 11 is 0. The Morgan fingerprint density at radius 1 is 1.00 bits per heavy atom. The molecule has 0 heterocycles. The Morgan fingerprint density at radius 3 is 2.17 bits per heavy atom.